The molecule has 0 unspecified atom stereocenters. The van der Waals surface area contributed by atoms with Gasteiger partial charge in [-0.15, -0.1) is 0 Å². The Balaban J connectivity index is 1.96. The molecule has 16 heavy (non-hydrogen) atoms. The summed E-state index contributed by atoms with van der Waals surface area (Å²) in [5.74, 6) is 0.920. The molecule has 0 atom stereocenters. The molecule has 0 N–H and O–H groups in total. The van der Waals surface area contributed by atoms with E-state index in [1.165, 1.54) is 18.4 Å². The van der Waals surface area contributed by atoms with Crippen LogP contribution in [0.15, 0.2) is 24.3 Å². The lowest BCUT2D eigenvalue weighted by Crippen LogP contribution is -2.23. The van der Waals surface area contributed by atoms with Gasteiger partial charge in [-0.3, -0.25) is 4.79 Å². The molecule has 1 saturated heterocycles. The van der Waals surface area contributed by atoms with Gasteiger partial charge in [0.15, 0.2) is 5.78 Å². The minimum atomic E-state index is 0.142. The Morgan fingerprint density at radius 3 is 2.44 bits per heavy atom. The van der Waals surface area contributed by atoms with Gasteiger partial charge in [0.05, 0.1) is 0 Å². The third-order valence-electron chi connectivity index (χ3n) is 3.28. The monoisotopic (exact) mass is 216 g/mol. The Morgan fingerprint density at radius 2 is 1.88 bits per heavy atom. The van der Waals surface area contributed by atoms with Gasteiger partial charge in [0.25, 0.3) is 0 Å². The van der Waals surface area contributed by atoms with Crippen LogP contribution in [-0.4, -0.2) is 18.9 Å². The third kappa shape index (κ3) is 2.92. The van der Waals surface area contributed by atoms with Crippen LogP contribution >= 0.6 is 0 Å². The van der Waals surface area contributed by atoms with E-state index in [-0.39, 0.29) is 5.78 Å². The van der Waals surface area contributed by atoms with Gasteiger partial charge in [0, 0.05) is 18.7 Å². The van der Waals surface area contributed by atoms with Crippen LogP contribution in [0.3, 0.4) is 0 Å². The van der Waals surface area contributed by atoms with Crippen molar-refractivity contribution in [1.82, 2.24) is 5.32 Å². The van der Waals surface area contributed by atoms with Crippen LogP contribution in [0.25, 0.3) is 0 Å². The second-order valence-corrected chi connectivity index (χ2v) is 4.57. The number of piperidine rings is 1. The van der Waals surface area contributed by atoms with Gasteiger partial charge in [-0.2, -0.15) is 0 Å². The summed E-state index contributed by atoms with van der Waals surface area (Å²) in [7, 11) is 0. The second kappa shape index (κ2) is 5.26. The van der Waals surface area contributed by atoms with Gasteiger partial charge in [-0.05, 0) is 37.7 Å². The molecule has 1 aliphatic rings. The maximum atomic E-state index is 11.1. The summed E-state index contributed by atoms with van der Waals surface area (Å²) in [5, 5.41) is 4.36. The molecule has 1 fully saturated rings. The van der Waals surface area contributed by atoms with Crippen LogP contribution in [0.2, 0.25) is 0 Å². The van der Waals surface area contributed by atoms with Gasteiger partial charge in [0.2, 0.25) is 0 Å². The Kier molecular flexibility index (Phi) is 3.73. The van der Waals surface area contributed by atoms with E-state index in [0.717, 1.165) is 31.0 Å². The van der Waals surface area contributed by atoms with Crippen molar-refractivity contribution in [3.8, 4) is 0 Å². The quantitative estimate of drug-likeness (QED) is 0.714. The zero-order valence-corrected chi connectivity index (χ0v) is 9.78. The molecule has 0 bridgehead atoms. The number of Topliss-reactive ketones (excluding diaryl/α,β-unsaturated/α-hetero) is 1. The third-order valence-corrected chi connectivity index (χ3v) is 3.28. The predicted molar refractivity (Wildman–Crippen MR) is 64.7 cm³/mol. The van der Waals surface area contributed by atoms with Crippen molar-refractivity contribution < 1.29 is 4.79 Å². The molecule has 0 amide bonds. The average molecular weight is 216 g/mol. The first-order chi connectivity index (χ1) is 7.75. The minimum Gasteiger partial charge on any atom is -0.295 e. The fraction of sp³-hybridized carbons (Fsp3) is 0.500. The fourth-order valence-electron chi connectivity index (χ4n) is 2.22. The van der Waals surface area contributed by atoms with Gasteiger partial charge in [0.1, 0.15) is 0 Å². The molecular weight excluding hydrogens is 198 g/mol. The van der Waals surface area contributed by atoms with Crippen LogP contribution in [0.5, 0.6) is 0 Å². The number of carbonyl (C=O) groups is 1. The van der Waals surface area contributed by atoms with E-state index >= 15 is 0 Å². The van der Waals surface area contributed by atoms with E-state index in [0.29, 0.717) is 0 Å². The lowest BCUT2D eigenvalue weighted by molar-refractivity contribution is 0.101. The molecule has 1 aromatic rings. The Labute approximate surface area is 97.1 Å². The summed E-state index contributed by atoms with van der Waals surface area (Å²) < 4.78 is 0. The van der Waals surface area contributed by atoms with E-state index in [2.05, 4.69) is 17.4 Å². The smallest absolute Gasteiger partial charge is 0.159 e. The van der Waals surface area contributed by atoms with Gasteiger partial charge in [-0.25, -0.2) is 5.32 Å². The standard InChI is InChI=1S/C14H18NO/c1-11(16)14-4-2-12(3-5-14)10-13-6-8-15-9-7-13/h2-5,13H,6-10H2,1H3. The molecule has 2 heteroatoms. The summed E-state index contributed by atoms with van der Waals surface area (Å²) in [6, 6.07) is 8.04. The highest BCUT2D eigenvalue weighted by Crippen LogP contribution is 2.18. The van der Waals surface area contributed by atoms with Crippen molar-refractivity contribution in [2.75, 3.05) is 13.1 Å². The van der Waals surface area contributed by atoms with Gasteiger partial charge in [-0.1, -0.05) is 24.3 Å². The summed E-state index contributed by atoms with van der Waals surface area (Å²) in [6.45, 7) is 3.66. The Morgan fingerprint density at radius 1 is 1.25 bits per heavy atom. The minimum absolute atomic E-state index is 0.142. The van der Waals surface area contributed by atoms with Crippen molar-refractivity contribution in [1.29, 1.82) is 0 Å². The van der Waals surface area contributed by atoms with Crippen LogP contribution in [0, 0.1) is 5.92 Å². The number of ketones is 1. The number of hydrogen-bond acceptors (Lipinski definition) is 1. The first-order valence-corrected chi connectivity index (χ1v) is 5.99. The molecule has 0 aromatic heterocycles. The normalized spacial score (nSPS) is 17.3. The Bertz CT molecular complexity index is 350. The zero-order chi connectivity index (χ0) is 11.4. The van der Waals surface area contributed by atoms with E-state index < -0.39 is 0 Å². The van der Waals surface area contributed by atoms with Crippen molar-refractivity contribution >= 4 is 5.78 Å². The largest absolute Gasteiger partial charge is 0.295 e. The summed E-state index contributed by atoms with van der Waals surface area (Å²) >= 11 is 0. The predicted octanol–water partition coefficient (Wildman–Crippen LogP) is 2.45. The van der Waals surface area contributed by atoms with Crippen LogP contribution in [0.4, 0.5) is 0 Å². The molecular formula is C14H18NO. The molecule has 2 rings (SSSR count). The lowest BCUT2D eigenvalue weighted by Gasteiger charge is -2.21. The molecule has 0 saturated carbocycles. The van der Waals surface area contributed by atoms with Crippen molar-refractivity contribution in [3.63, 3.8) is 0 Å². The number of carbonyl (C=O) groups excluding carboxylic acids is 1. The van der Waals surface area contributed by atoms with E-state index in [4.69, 9.17) is 0 Å². The zero-order valence-electron chi connectivity index (χ0n) is 9.78. The molecule has 2 nitrogen and oxygen atoms in total. The number of benzene rings is 1. The summed E-state index contributed by atoms with van der Waals surface area (Å²) in [6.07, 6.45) is 3.57. The molecule has 0 spiro atoms. The second-order valence-electron chi connectivity index (χ2n) is 4.57. The topological polar surface area (TPSA) is 31.2 Å². The van der Waals surface area contributed by atoms with Crippen molar-refractivity contribution in [2.24, 2.45) is 5.92 Å². The number of rotatable bonds is 3. The molecule has 1 radical (unpaired) electrons. The number of hydrogen-bond donors (Lipinski definition) is 0. The SMILES string of the molecule is CC(=O)c1ccc(CC2CC[N]CC2)cc1. The lowest BCUT2D eigenvalue weighted by atomic mass is 9.90. The van der Waals surface area contributed by atoms with Crippen LogP contribution in [-0.2, 0) is 6.42 Å². The highest BCUT2D eigenvalue weighted by Gasteiger charge is 2.14. The van der Waals surface area contributed by atoms with Gasteiger partial charge >= 0.3 is 0 Å². The maximum absolute atomic E-state index is 11.1. The van der Waals surface area contributed by atoms with Crippen LogP contribution < -0.4 is 5.32 Å². The highest BCUT2D eigenvalue weighted by atomic mass is 16.1. The fourth-order valence-corrected chi connectivity index (χ4v) is 2.22. The van der Waals surface area contributed by atoms with Crippen molar-refractivity contribution in [2.45, 2.75) is 26.2 Å². The highest BCUT2D eigenvalue weighted by molar-refractivity contribution is 5.93. The van der Waals surface area contributed by atoms with Crippen LogP contribution in [0.1, 0.15) is 35.7 Å². The number of nitrogens with zero attached hydrogens (tertiary/aromatic N) is 1. The maximum Gasteiger partial charge on any atom is 0.159 e. The summed E-state index contributed by atoms with van der Waals surface area (Å²) in [5.41, 5.74) is 2.15. The van der Waals surface area contributed by atoms with E-state index in [9.17, 15) is 4.79 Å². The Hall–Kier alpha value is -1.15. The molecule has 85 valence electrons. The summed E-state index contributed by atoms with van der Waals surface area (Å²) in [4.78, 5) is 11.1. The van der Waals surface area contributed by atoms with E-state index in [1.54, 1.807) is 6.92 Å². The molecule has 1 heterocycles. The average Bonchev–Trinajstić information content (AvgIpc) is 2.31. The molecule has 1 aromatic carbocycles. The first-order valence-electron chi connectivity index (χ1n) is 5.99. The molecule has 0 aliphatic carbocycles. The van der Waals surface area contributed by atoms with E-state index in [1.807, 2.05) is 12.1 Å². The first kappa shape index (κ1) is 11.3. The van der Waals surface area contributed by atoms with Gasteiger partial charge < -0.3 is 0 Å². The van der Waals surface area contributed by atoms with Crippen molar-refractivity contribution in [3.05, 3.63) is 35.4 Å². The molecule has 1 aliphatic heterocycles.